The molecule has 2 fully saturated rings. The summed E-state index contributed by atoms with van der Waals surface area (Å²) in [6.07, 6.45) is 2.19. The van der Waals surface area contributed by atoms with Gasteiger partial charge < -0.3 is 0 Å². The highest BCUT2D eigenvalue weighted by Crippen LogP contribution is 2.90. The summed E-state index contributed by atoms with van der Waals surface area (Å²) >= 11 is 7.79. The van der Waals surface area contributed by atoms with Gasteiger partial charge in [0.2, 0.25) is 0 Å². The molecule has 0 radical (unpaired) electrons. The molecule has 2 heteroatoms. The van der Waals surface area contributed by atoms with Crippen LogP contribution in [0.25, 0.3) is 0 Å². The van der Waals surface area contributed by atoms with Gasteiger partial charge >= 0.3 is 0 Å². The maximum Gasteiger partial charge on any atom is 0.0316 e. The number of benzene rings is 4. The highest BCUT2D eigenvalue weighted by molar-refractivity contribution is 7.87. The zero-order chi connectivity index (χ0) is 23.4. The molecule has 2 saturated carbocycles. The molecule has 2 aliphatic carbocycles. The minimum absolute atomic E-state index is 0.0205. The van der Waals surface area contributed by atoms with Gasteiger partial charge in [-0.3, -0.25) is 0 Å². The van der Waals surface area contributed by atoms with Gasteiger partial charge in [0, 0.05) is 28.4 Å². The third-order valence-corrected chi connectivity index (χ3v) is 13.8. The summed E-state index contributed by atoms with van der Waals surface area (Å²) in [5.41, 5.74) is 5.51. The molecule has 170 valence electrons. The second-order valence-electron chi connectivity index (χ2n) is 10.5. The molecule has 0 aliphatic heterocycles. The van der Waals surface area contributed by atoms with Gasteiger partial charge in [-0.15, -0.1) is 0 Å². The normalized spacial score (nSPS) is 27.0. The summed E-state index contributed by atoms with van der Waals surface area (Å²) in [4.78, 5) is 0. The van der Waals surface area contributed by atoms with E-state index >= 15 is 0 Å². The fraction of sp³-hybridized carbons (Fsp3) is 0.250. The summed E-state index contributed by atoms with van der Waals surface area (Å²) in [6, 6.07) is 44.2. The Morgan fingerprint density at radius 1 is 0.471 bits per heavy atom. The van der Waals surface area contributed by atoms with Crippen LogP contribution in [0, 0.1) is 0 Å². The molecule has 0 aromatic heterocycles. The molecule has 4 aromatic rings. The molecular weight excluding hydrogens is 451 g/mol. The van der Waals surface area contributed by atoms with Crippen LogP contribution >= 0.6 is 18.5 Å². The van der Waals surface area contributed by atoms with E-state index in [2.05, 4.69) is 135 Å². The summed E-state index contributed by atoms with van der Waals surface area (Å²) in [5, 5.41) is 0.0410. The van der Waals surface area contributed by atoms with Gasteiger partial charge in [-0.2, -0.15) is 0 Å². The monoisotopic (exact) mass is 480 g/mol. The van der Waals surface area contributed by atoms with Crippen LogP contribution in [-0.4, -0.2) is 10.3 Å². The molecular formula is C32H30ClP. The van der Waals surface area contributed by atoms with Crippen LogP contribution in [0.2, 0.25) is 0 Å². The Bertz CT molecular complexity index is 1110. The quantitative estimate of drug-likeness (QED) is 0.242. The smallest absolute Gasteiger partial charge is 0.0316 e. The molecule has 34 heavy (non-hydrogen) atoms. The zero-order valence-corrected chi connectivity index (χ0v) is 21.4. The fourth-order valence-electron chi connectivity index (χ4n) is 6.84. The third kappa shape index (κ3) is 2.89. The van der Waals surface area contributed by atoms with Gasteiger partial charge in [0.15, 0.2) is 0 Å². The predicted molar refractivity (Wildman–Crippen MR) is 146 cm³/mol. The first kappa shape index (κ1) is 22.1. The second-order valence-corrected chi connectivity index (χ2v) is 14.0. The Hall–Kier alpha value is -2.40. The first-order chi connectivity index (χ1) is 16.5. The van der Waals surface area contributed by atoms with Crippen LogP contribution < -0.4 is 0 Å². The van der Waals surface area contributed by atoms with Gasteiger partial charge in [0.1, 0.15) is 0 Å². The molecule has 0 amide bonds. The minimum atomic E-state index is -0.838. The highest BCUT2D eigenvalue weighted by Gasteiger charge is 2.79. The van der Waals surface area contributed by atoms with Crippen molar-refractivity contribution in [2.24, 2.45) is 0 Å². The zero-order valence-electron chi connectivity index (χ0n) is 19.8. The van der Waals surface area contributed by atoms with E-state index < -0.39 is 7.27 Å². The van der Waals surface area contributed by atoms with Gasteiger partial charge in [-0.25, -0.2) is 0 Å². The highest BCUT2D eigenvalue weighted by atomic mass is 35.7. The fourth-order valence-corrected chi connectivity index (χ4v) is 11.1. The van der Waals surface area contributed by atoms with Crippen LogP contribution in [0.4, 0.5) is 0 Å². The standard InChI is InChI=1S/C32H30ClP/c1-29(23-31(29,25-15-7-3-8-16-25)26-17-9-4-10-18-26)34(33)30(2)24-32(30,27-19-11-5-12-20-27)28-21-13-6-14-22-28/h3-22H,23-24H2,1-2H3. The topological polar surface area (TPSA) is 0 Å². The number of halogens is 1. The van der Waals surface area contributed by atoms with E-state index in [1.54, 1.807) is 0 Å². The molecule has 0 spiro atoms. The molecule has 0 bridgehead atoms. The van der Waals surface area contributed by atoms with E-state index in [1.165, 1.54) is 22.3 Å². The van der Waals surface area contributed by atoms with E-state index in [4.69, 9.17) is 11.2 Å². The number of hydrogen-bond donors (Lipinski definition) is 0. The minimum Gasteiger partial charge on any atom is -0.0952 e. The lowest BCUT2D eigenvalue weighted by atomic mass is 9.85. The van der Waals surface area contributed by atoms with Crippen LogP contribution in [0.5, 0.6) is 0 Å². The van der Waals surface area contributed by atoms with Crippen molar-refractivity contribution in [2.75, 3.05) is 0 Å². The van der Waals surface area contributed by atoms with Crippen molar-refractivity contribution in [1.82, 2.24) is 0 Å². The van der Waals surface area contributed by atoms with Crippen molar-refractivity contribution in [1.29, 1.82) is 0 Å². The summed E-state index contributed by atoms with van der Waals surface area (Å²) in [7, 11) is -0.838. The molecule has 0 N–H and O–H groups in total. The molecule has 2 aliphatic rings. The van der Waals surface area contributed by atoms with Crippen LogP contribution in [0.3, 0.4) is 0 Å². The lowest BCUT2D eigenvalue weighted by Crippen LogP contribution is -2.28. The van der Waals surface area contributed by atoms with Crippen molar-refractivity contribution in [3.8, 4) is 0 Å². The summed E-state index contributed by atoms with van der Waals surface area (Å²) in [6.45, 7) is 4.91. The van der Waals surface area contributed by atoms with Crippen molar-refractivity contribution in [3.05, 3.63) is 144 Å². The average molecular weight is 481 g/mol. The number of rotatable bonds is 6. The predicted octanol–water partition coefficient (Wildman–Crippen LogP) is 8.92. The van der Waals surface area contributed by atoms with Crippen LogP contribution in [0.15, 0.2) is 121 Å². The largest absolute Gasteiger partial charge is 0.0952 e. The Morgan fingerprint density at radius 2 is 0.706 bits per heavy atom. The lowest BCUT2D eigenvalue weighted by molar-refractivity contribution is 0.740. The van der Waals surface area contributed by atoms with Crippen LogP contribution in [0.1, 0.15) is 48.9 Å². The van der Waals surface area contributed by atoms with E-state index in [-0.39, 0.29) is 21.1 Å². The second kappa shape index (κ2) is 7.81. The van der Waals surface area contributed by atoms with Crippen LogP contribution in [-0.2, 0) is 10.8 Å². The van der Waals surface area contributed by atoms with Gasteiger partial charge in [0.25, 0.3) is 0 Å². The molecule has 2 unspecified atom stereocenters. The molecule has 6 rings (SSSR count). The van der Waals surface area contributed by atoms with Crippen molar-refractivity contribution in [3.63, 3.8) is 0 Å². The average Bonchev–Trinajstić information content (AvgIpc) is 3.77. The maximum atomic E-state index is 7.79. The van der Waals surface area contributed by atoms with E-state index in [1.807, 2.05) is 0 Å². The van der Waals surface area contributed by atoms with E-state index in [0.717, 1.165) is 12.8 Å². The Kier molecular flexibility index (Phi) is 5.07. The first-order valence-electron chi connectivity index (χ1n) is 12.2. The lowest BCUT2D eigenvalue weighted by Gasteiger charge is -2.35. The first-order valence-corrected chi connectivity index (χ1v) is 14.4. The molecule has 0 nitrogen and oxygen atoms in total. The Morgan fingerprint density at radius 3 is 0.941 bits per heavy atom. The summed E-state index contributed by atoms with van der Waals surface area (Å²) < 4.78 is 0. The van der Waals surface area contributed by atoms with Crippen molar-refractivity contribution in [2.45, 2.75) is 47.8 Å². The molecule has 0 heterocycles. The van der Waals surface area contributed by atoms with Gasteiger partial charge in [-0.1, -0.05) is 146 Å². The Balaban J connectivity index is 1.47. The van der Waals surface area contributed by atoms with E-state index in [9.17, 15) is 0 Å². The van der Waals surface area contributed by atoms with Gasteiger partial charge in [0.05, 0.1) is 0 Å². The molecule has 2 atom stereocenters. The van der Waals surface area contributed by atoms with Gasteiger partial charge in [-0.05, 0) is 35.1 Å². The SMILES string of the molecule is CC1(P(Cl)C2(C)CC2(c2ccccc2)c2ccccc2)CC1(c1ccccc1)c1ccccc1. The van der Waals surface area contributed by atoms with E-state index in [0.29, 0.717) is 0 Å². The summed E-state index contributed by atoms with van der Waals surface area (Å²) in [5.74, 6) is 0. The maximum absolute atomic E-state index is 7.79. The molecule has 4 aromatic carbocycles. The number of hydrogen-bond acceptors (Lipinski definition) is 0. The Labute approximate surface area is 209 Å². The van der Waals surface area contributed by atoms with Crippen molar-refractivity contribution < 1.29 is 0 Å². The third-order valence-electron chi connectivity index (χ3n) is 8.74. The molecule has 0 saturated heterocycles. The van der Waals surface area contributed by atoms with Crippen molar-refractivity contribution >= 4 is 18.5 Å².